The number of hydrogen-bond donors (Lipinski definition) is 1. The van der Waals surface area contributed by atoms with Crippen LogP contribution in [0.3, 0.4) is 0 Å². The maximum absolute atomic E-state index is 6.09. The minimum Gasteiger partial charge on any atom is -0.398 e. The maximum Gasteiger partial charge on any atom is 0.129 e. The number of nitrogen functional groups attached to an aromatic ring is 1. The molecule has 0 saturated heterocycles. The highest BCUT2D eigenvalue weighted by molar-refractivity contribution is 6.86. The number of aryl methyl sites for hydroxylation is 1. The van der Waals surface area contributed by atoms with Gasteiger partial charge in [-0.2, -0.15) is 0 Å². The van der Waals surface area contributed by atoms with Gasteiger partial charge in [-0.3, -0.25) is 0 Å². The fraction of sp³-hybridized carbons (Fsp3) is 0.412. The van der Waals surface area contributed by atoms with E-state index < -0.39 is 16.1 Å². The number of anilines is 1. The molecule has 1 aromatic carbocycles. The summed E-state index contributed by atoms with van der Waals surface area (Å²) in [5.74, 6) is 3.47. The largest absolute Gasteiger partial charge is 0.398 e. The molecule has 1 rings (SSSR count). The molecule has 0 fully saturated rings. The second-order valence-corrected chi connectivity index (χ2v) is 17.2. The summed E-state index contributed by atoms with van der Waals surface area (Å²) in [6.07, 6.45) is 2.21. The molecule has 0 heterocycles. The van der Waals surface area contributed by atoms with Crippen molar-refractivity contribution < 1.29 is 0 Å². The molecule has 0 aliphatic heterocycles. The molecule has 0 aliphatic rings. The minimum atomic E-state index is -1.46. The average molecular weight is 302 g/mol. The fourth-order valence-electron chi connectivity index (χ4n) is 1.67. The Morgan fingerprint density at radius 1 is 1.10 bits per heavy atom. The Morgan fingerprint density at radius 3 is 2.20 bits per heavy atom. The Hall–Kier alpha value is -1.25. The third-order valence-electron chi connectivity index (χ3n) is 2.92. The zero-order valence-corrected chi connectivity index (χ0v) is 15.9. The van der Waals surface area contributed by atoms with Crippen molar-refractivity contribution in [2.75, 3.05) is 5.73 Å². The van der Waals surface area contributed by atoms with E-state index in [1.54, 1.807) is 0 Å². The van der Waals surface area contributed by atoms with E-state index in [-0.39, 0.29) is 0 Å². The van der Waals surface area contributed by atoms with E-state index in [0.717, 1.165) is 11.3 Å². The lowest BCUT2D eigenvalue weighted by molar-refractivity contribution is 1.46. The van der Waals surface area contributed by atoms with Gasteiger partial charge in [0.25, 0.3) is 0 Å². The first-order chi connectivity index (χ1) is 8.99. The summed E-state index contributed by atoms with van der Waals surface area (Å²) in [7, 11) is -2.81. The summed E-state index contributed by atoms with van der Waals surface area (Å²) >= 11 is 0. The molecule has 3 heteroatoms. The summed E-state index contributed by atoms with van der Waals surface area (Å²) in [4.78, 5) is 0. The Morgan fingerprint density at radius 2 is 1.70 bits per heavy atom. The second kappa shape index (κ2) is 6.03. The van der Waals surface area contributed by atoms with Gasteiger partial charge < -0.3 is 5.73 Å². The molecular weight excluding hydrogens is 274 g/mol. The van der Waals surface area contributed by atoms with Crippen molar-refractivity contribution in [2.24, 2.45) is 0 Å². The lowest BCUT2D eigenvalue weighted by Crippen LogP contribution is -2.24. The van der Waals surface area contributed by atoms with Crippen LogP contribution in [0.5, 0.6) is 0 Å². The highest BCUT2D eigenvalue weighted by Crippen LogP contribution is 2.22. The first kappa shape index (κ1) is 16.8. The van der Waals surface area contributed by atoms with Gasteiger partial charge in [-0.1, -0.05) is 56.8 Å². The van der Waals surface area contributed by atoms with E-state index in [1.807, 2.05) is 6.07 Å². The number of nitrogens with two attached hydrogens (primary N) is 1. The topological polar surface area (TPSA) is 26.0 Å². The van der Waals surface area contributed by atoms with Gasteiger partial charge in [0.15, 0.2) is 0 Å². The van der Waals surface area contributed by atoms with Crippen molar-refractivity contribution in [3.8, 4) is 11.5 Å². The fourth-order valence-corrected chi connectivity index (χ4v) is 3.33. The number of benzene rings is 1. The minimum absolute atomic E-state index is 0.834. The lowest BCUT2D eigenvalue weighted by Gasteiger charge is -2.17. The molecular formula is C17H27NSi2. The Balaban J connectivity index is 3.34. The number of rotatable bonds is 2. The zero-order valence-electron chi connectivity index (χ0n) is 13.9. The molecule has 0 bridgehead atoms. The molecule has 2 N–H and O–H groups in total. The summed E-state index contributed by atoms with van der Waals surface area (Å²) < 4.78 is 0. The van der Waals surface area contributed by atoms with Gasteiger partial charge in [0.05, 0.1) is 8.07 Å². The highest BCUT2D eigenvalue weighted by atomic mass is 28.3. The monoisotopic (exact) mass is 301 g/mol. The van der Waals surface area contributed by atoms with Crippen LogP contribution in [0.25, 0.3) is 6.08 Å². The summed E-state index contributed by atoms with van der Waals surface area (Å²) in [6.45, 7) is 15.9. The first-order valence-electron chi connectivity index (χ1n) is 7.10. The molecule has 0 aromatic heterocycles. The highest BCUT2D eigenvalue weighted by Gasteiger charge is 2.19. The van der Waals surface area contributed by atoms with Crippen LogP contribution in [0.15, 0.2) is 23.4 Å². The van der Waals surface area contributed by atoms with Gasteiger partial charge in [-0.05, 0) is 35.9 Å². The van der Waals surface area contributed by atoms with Crippen molar-refractivity contribution in [1.29, 1.82) is 0 Å². The van der Waals surface area contributed by atoms with Gasteiger partial charge in [-0.25, -0.2) is 0 Å². The van der Waals surface area contributed by atoms with Crippen molar-refractivity contribution in [3.05, 3.63) is 34.5 Å². The van der Waals surface area contributed by atoms with Gasteiger partial charge in [0.1, 0.15) is 8.07 Å². The van der Waals surface area contributed by atoms with Crippen LogP contribution in [0, 0.1) is 18.4 Å². The molecule has 0 amide bonds. The van der Waals surface area contributed by atoms with Gasteiger partial charge in [0.2, 0.25) is 0 Å². The van der Waals surface area contributed by atoms with Crippen LogP contribution in [-0.2, 0) is 0 Å². The smallest absolute Gasteiger partial charge is 0.129 e. The second-order valence-electron chi connectivity index (χ2n) is 7.44. The van der Waals surface area contributed by atoms with E-state index in [1.165, 1.54) is 10.8 Å². The van der Waals surface area contributed by atoms with Crippen LogP contribution in [-0.4, -0.2) is 16.1 Å². The summed E-state index contributed by atoms with van der Waals surface area (Å²) in [5.41, 5.74) is 12.8. The van der Waals surface area contributed by atoms with Crippen molar-refractivity contribution in [2.45, 2.75) is 46.2 Å². The normalized spacial score (nSPS) is 12.8. The molecule has 108 valence electrons. The predicted octanol–water partition coefficient (Wildman–Crippen LogP) is 4.72. The zero-order chi connectivity index (χ0) is 15.6. The standard InChI is InChI=1S/C17H27NSi2/c1-14-8-9-17(18)15(12-14)13-16(20(5,6)7)10-11-19(2,3)4/h8-9,12-13H,18H2,1-7H3/b16-13+. The van der Waals surface area contributed by atoms with E-state index >= 15 is 0 Å². The quantitative estimate of drug-likeness (QED) is 0.477. The Labute approximate surface area is 126 Å². The van der Waals surface area contributed by atoms with Crippen LogP contribution in [0.2, 0.25) is 39.3 Å². The first-order valence-corrected chi connectivity index (χ1v) is 14.1. The molecule has 20 heavy (non-hydrogen) atoms. The van der Waals surface area contributed by atoms with Gasteiger partial charge >= 0.3 is 0 Å². The molecule has 0 spiro atoms. The molecule has 1 nitrogen and oxygen atoms in total. The van der Waals surface area contributed by atoms with Crippen LogP contribution >= 0.6 is 0 Å². The van der Waals surface area contributed by atoms with Crippen molar-refractivity contribution in [3.63, 3.8) is 0 Å². The van der Waals surface area contributed by atoms with Crippen molar-refractivity contribution in [1.82, 2.24) is 0 Å². The van der Waals surface area contributed by atoms with E-state index in [4.69, 9.17) is 5.73 Å². The van der Waals surface area contributed by atoms with Gasteiger partial charge in [0, 0.05) is 5.69 Å². The molecule has 0 radical (unpaired) electrons. The van der Waals surface area contributed by atoms with E-state index in [0.29, 0.717) is 0 Å². The number of allylic oxidation sites excluding steroid dienone is 1. The van der Waals surface area contributed by atoms with Crippen LogP contribution < -0.4 is 5.73 Å². The summed E-state index contributed by atoms with van der Waals surface area (Å²) in [6, 6.07) is 6.18. The molecule has 0 saturated carbocycles. The third-order valence-corrected chi connectivity index (χ3v) is 5.68. The van der Waals surface area contributed by atoms with Gasteiger partial charge in [-0.15, -0.1) is 5.54 Å². The Bertz CT molecular complexity index is 576. The predicted molar refractivity (Wildman–Crippen MR) is 98.0 cm³/mol. The lowest BCUT2D eigenvalue weighted by atomic mass is 10.1. The van der Waals surface area contributed by atoms with Crippen molar-refractivity contribution >= 4 is 27.9 Å². The molecule has 0 unspecified atom stereocenters. The molecule has 0 aliphatic carbocycles. The Kier molecular flexibility index (Phi) is 5.07. The summed E-state index contributed by atoms with van der Waals surface area (Å²) in [5, 5.41) is 1.29. The average Bonchev–Trinajstić information content (AvgIpc) is 2.25. The van der Waals surface area contributed by atoms with Crippen LogP contribution in [0.1, 0.15) is 11.1 Å². The third kappa shape index (κ3) is 5.40. The van der Waals surface area contributed by atoms with E-state index in [9.17, 15) is 0 Å². The number of hydrogen-bond acceptors (Lipinski definition) is 1. The van der Waals surface area contributed by atoms with Crippen LogP contribution in [0.4, 0.5) is 5.69 Å². The van der Waals surface area contributed by atoms with E-state index in [2.05, 4.69) is 75.9 Å². The SMILES string of the molecule is Cc1ccc(N)c(/C=C(\C#C[Si](C)(C)C)[Si](C)(C)C)c1. The maximum atomic E-state index is 6.09. The molecule has 0 atom stereocenters. The molecule has 1 aromatic rings.